The van der Waals surface area contributed by atoms with Gasteiger partial charge in [0, 0.05) is 5.39 Å². The maximum atomic E-state index is 14.9. The Morgan fingerprint density at radius 3 is 2.28 bits per heavy atom. The van der Waals surface area contributed by atoms with Crippen molar-refractivity contribution < 1.29 is 4.39 Å². The van der Waals surface area contributed by atoms with Crippen LogP contribution in [0.25, 0.3) is 21.9 Å². The Morgan fingerprint density at radius 1 is 0.844 bits per heavy atom. The van der Waals surface area contributed by atoms with Gasteiger partial charge in [0.2, 0.25) is 0 Å². The molecule has 0 aromatic heterocycles. The Balaban J connectivity index is 1.41. The van der Waals surface area contributed by atoms with Gasteiger partial charge in [-0.25, -0.2) is 4.39 Å². The highest BCUT2D eigenvalue weighted by atomic mass is 19.1. The summed E-state index contributed by atoms with van der Waals surface area (Å²) < 4.78 is 14.9. The third-order valence-corrected chi connectivity index (χ3v) is 7.52. The minimum absolute atomic E-state index is 0.0677. The zero-order valence-electron chi connectivity index (χ0n) is 19.7. The number of allylic oxidation sites excluding steroid dienone is 2. The summed E-state index contributed by atoms with van der Waals surface area (Å²) in [5.41, 5.74) is 4.60. The molecule has 1 saturated carbocycles. The first-order valence-corrected chi connectivity index (χ1v) is 12.6. The lowest BCUT2D eigenvalue weighted by Gasteiger charge is -2.27. The van der Waals surface area contributed by atoms with Gasteiger partial charge >= 0.3 is 0 Å². The van der Waals surface area contributed by atoms with Crippen LogP contribution in [0.2, 0.25) is 0 Å². The van der Waals surface area contributed by atoms with Gasteiger partial charge < -0.3 is 0 Å². The SMILES string of the molecule is C/C=C/CCc1ccc2cc(-c3ccc(CCC4CCC(CC)CC4)cc3)ccc2c1F. The van der Waals surface area contributed by atoms with Gasteiger partial charge in [-0.3, -0.25) is 0 Å². The van der Waals surface area contributed by atoms with Gasteiger partial charge in [-0.2, -0.15) is 0 Å². The average Bonchev–Trinajstić information content (AvgIpc) is 2.85. The minimum atomic E-state index is -0.0677. The average molecular weight is 429 g/mol. The molecular weight excluding hydrogens is 391 g/mol. The molecule has 0 radical (unpaired) electrons. The van der Waals surface area contributed by atoms with Gasteiger partial charge in [-0.05, 0) is 78.1 Å². The number of hydrogen-bond donors (Lipinski definition) is 0. The lowest BCUT2D eigenvalue weighted by atomic mass is 9.78. The van der Waals surface area contributed by atoms with Crippen LogP contribution in [-0.2, 0) is 12.8 Å². The molecule has 0 saturated heterocycles. The zero-order chi connectivity index (χ0) is 22.3. The van der Waals surface area contributed by atoms with Gasteiger partial charge in [-0.1, -0.05) is 99.7 Å². The molecule has 32 heavy (non-hydrogen) atoms. The fraction of sp³-hybridized carbons (Fsp3) is 0.419. The minimum Gasteiger partial charge on any atom is -0.206 e. The number of fused-ring (bicyclic) bond motifs is 1. The molecule has 0 N–H and O–H groups in total. The summed E-state index contributed by atoms with van der Waals surface area (Å²) in [4.78, 5) is 0. The van der Waals surface area contributed by atoms with Crippen molar-refractivity contribution in [3.05, 3.63) is 83.7 Å². The Labute approximate surface area is 193 Å². The number of rotatable bonds is 8. The molecule has 1 heteroatoms. The highest BCUT2D eigenvalue weighted by Crippen LogP contribution is 2.33. The van der Waals surface area contributed by atoms with E-state index in [4.69, 9.17) is 0 Å². The van der Waals surface area contributed by atoms with E-state index in [0.29, 0.717) is 0 Å². The Morgan fingerprint density at radius 2 is 1.56 bits per heavy atom. The van der Waals surface area contributed by atoms with E-state index in [1.807, 2.05) is 25.1 Å². The lowest BCUT2D eigenvalue weighted by Crippen LogP contribution is -2.14. The zero-order valence-corrected chi connectivity index (χ0v) is 19.7. The standard InChI is InChI=1S/C31H37F/c1-3-5-6-7-27-18-19-29-22-28(20-21-30(29)31(27)32)26-16-14-25(15-17-26)13-12-24-10-8-23(4-2)9-11-24/h3,5,14-24H,4,6-13H2,1-2H3/b5-3+. The molecule has 0 spiro atoms. The number of halogens is 1. The van der Waals surface area contributed by atoms with Gasteiger partial charge in [0.05, 0.1) is 0 Å². The van der Waals surface area contributed by atoms with Crippen molar-refractivity contribution in [3.63, 3.8) is 0 Å². The highest BCUT2D eigenvalue weighted by Gasteiger charge is 2.19. The molecule has 1 fully saturated rings. The highest BCUT2D eigenvalue weighted by molar-refractivity contribution is 5.88. The van der Waals surface area contributed by atoms with Crippen LogP contribution < -0.4 is 0 Å². The first kappa shape index (κ1) is 22.8. The molecule has 168 valence electrons. The predicted octanol–water partition coefficient (Wildman–Crippen LogP) is 9.30. The Kier molecular flexibility index (Phi) is 7.79. The molecule has 0 unspecified atom stereocenters. The molecule has 3 aromatic carbocycles. The maximum absolute atomic E-state index is 14.9. The molecule has 0 nitrogen and oxygen atoms in total. The van der Waals surface area contributed by atoms with Crippen molar-refractivity contribution in [3.8, 4) is 11.1 Å². The predicted molar refractivity (Wildman–Crippen MR) is 137 cm³/mol. The summed E-state index contributed by atoms with van der Waals surface area (Å²) in [6.45, 7) is 4.34. The van der Waals surface area contributed by atoms with E-state index in [-0.39, 0.29) is 5.82 Å². The van der Waals surface area contributed by atoms with Crippen molar-refractivity contribution >= 4 is 10.8 Å². The van der Waals surface area contributed by atoms with Gasteiger partial charge in [-0.15, -0.1) is 0 Å². The largest absolute Gasteiger partial charge is 0.206 e. The monoisotopic (exact) mass is 428 g/mol. The number of hydrogen-bond acceptors (Lipinski definition) is 0. The Bertz CT molecular complexity index is 1040. The summed E-state index contributed by atoms with van der Waals surface area (Å²) in [6, 6.07) is 19.1. The lowest BCUT2D eigenvalue weighted by molar-refractivity contribution is 0.259. The van der Waals surface area contributed by atoms with E-state index in [1.165, 1.54) is 56.1 Å². The fourth-order valence-electron chi connectivity index (χ4n) is 5.28. The molecule has 1 aliphatic rings. The van der Waals surface area contributed by atoms with Crippen LogP contribution in [-0.4, -0.2) is 0 Å². The normalized spacial score (nSPS) is 19.1. The second kappa shape index (κ2) is 10.9. The number of aryl methyl sites for hydroxylation is 2. The van der Waals surface area contributed by atoms with E-state index in [2.05, 4.69) is 55.5 Å². The molecular formula is C31H37F. The molecule has 0 bridgehead atoms. The van der Waals surface area contributed by atoms with E-state index in [1.54, 1.807) is 0 Å². The van der Waals surface area contributed by atoms with E-state index in [0.717, 1.165) is 46.6 Å². The molecule has 1 aliphatic carbocycles. The number of benzene rings is 3. The summed E-state index contributed by atoms with van der Waals surface area (Å²) in [5.74, 6) is 1.82. The van der Waals surface area contributed by atoms with E-state index < -0.39 is 0 Å². The van der Waals surface area contributed by atoms with E-state index in [9.17, 15) is 4.39 Å². The quantitative estimate of drug-likeness (QED) is 0.314. The topological polar surface area (TPSA) is 0 Å². The smallest absolute Gasteiger partial charge is 0.134 e. The van der Waals surface area contributed by atoms with Crippen molar-refractivity contribution in [1.82, 2.24) is 0 Å². The van der Waals surface area contributed by atoms with Crippen molar-refractivity contribution in [2.45, 2.75) is 71.6 Å². The molecule has 0 aliphatic heterocycles. The van der Waals surface area contributed by atoms with Crippen LogP contribution in [0, 0.1) is 17.7 Å². The third-order valence-electron chi connectivity index (χ3n) is 7.52. The second-order valence-electron chi connectivity index (χ2n) is 9.61. The van der Waals surface area contributed by atoms with Crippen molar-refractivity contribution in [1.29, 1.82) is 0 Å². The fourth-order valence-corrected chi connectivity index (χ4v) is 5.28. The molecule has 3 aromatic rings. The van der Waals surface area contributed by atoms with Gasteiger partial charge in [0.15, 0.2) is 0 Å². The van der Waals surface area contributed by atoms with Crippen LogP contribution in [0.15, 0.2) is 66.7 Å². The van der Waals surface area contributed by atoms with Crippen molar-refractivity contribution in [2.24, 2.45) is 11.8 Å². The van der Waals surface area contributed by atoms with Crippen LogP contribution in [0.3, 0.4) is 0 Å². The summed E-state index contributed by atoms with van der Waals surface area (Å²) >= 11 is 0. The Hall–Kier alpha value is -2.41. The third kappa shape index (κ3) is 5.49. The first-order valence-electron chi connectivity index (χ1n) is 12.6. The van der Waals surface area contributed by atoms with Gasteiger partial charge in [0.1, 0.15) is 5.82 Å². The van der Waals surface area contributed by atoms with Gasteiger partial charge in [0.25, 0.3) is 0 Å². The first-order chi connectivity index (χ1) is 15.7. The molecule has 0 amide bonds. The van der Waals surface area contributed by atoms with Crippen LogP contribution >= 0.6 is 0 Å². The second-order valence-corrected chi connectivity index (χ2v) is 9.61. The summed E-state index contributed by atoms with van der Waals surface area (Å²) in [5, 5.41) is 1.70. The maximum Gasteiger partial charge on any atom is 0.134 e. The van der Waals surface area contributed by atoms with Crippen LogP contribution in [0.1, 0.15) is 69.9 Å². The van der Waals surface area contributed by atoms with Crippen molar-refractivity contribution in [2.75, 3.05) is 0 Å². The molecule has 4 rings (SSSR count). The summed E-state index contributed by atoms with van der Waals surface area (Å²) in [6.07, 6.45) is 15.3. The molecule has 0 heterocycles. The van der Waals surface area contributed by atoms with E-state index >= 15 is 0 Å². The van der Waals surface area contributed by atoms with Crippen LogP contribution in [0.5, 0.6) is 0 Å². The summed E-state index contributed by atoms with van der Waals surface area (Å²) in [7, 11) is 0. The molecule has 0 atom stereocenters. The van der Waals surface area contributed by atoms with Crippen LogP contribution in [0.4, 0.5) is 4.39 Å².